The van der Waals surface area contributed by atoms with Gasteiger partial charge in [-0.2, -0.15) is 0 Å². The van der Waals surface area contributed by atoms with E-state index < -0.39 is 26.1 Å². The quantitative estimate of drug-likeness (QED) is 0.658. The summed E-state index contributed by atoms with van der Waals surface area (Å²) in [6.07, 6.45) is 0. The van der Waals surface area contributed by atoms with Gasteiger partial charge in [0.25, 0.3) is 0 Å². The van der Waals surface area contributed by atoms with Crippen LogP contribution in [-0.4, -0.2) is 9.63 Å². The second-order valence-corrected chi connectivity index (χ2v) is 4.39. The summed E-state index contributed by atoms with van der Waals surface area (Å²) in [5.74, 6) is 0. The molecule has 0 aromatic carbocycles. The summed E-state index contributed by atoms with van der Waals surface area (Å²) in [7, 11) is 0. The maximum atomic E-state index is 8.89. The predicted molar refractivity (Wildman–Crippen MR) is 37.5 cm³/mol. The summed E-state index contributed by atoms with van der Waals surface area (Å²) in [5.41, 5.74) is -0.476. The van der Waals surface area contributed by atoms with E-state index in [1.807, 2.05) is 0 Å². The predicted octanol–water partition coefficient (Wildman–Crippen LogP) is 1.92. The van der Waals surface area contributed by atoms with Gasteiger partial charge in [-0.05, 0) is 0 Å². The van der Waals surface area contributed by atoms with Gasteiger partial charge in [-0.3, -0.25) is 0 Å². The van der Waals surface area contributed by atoms with Gasteiger partial charge in [0.15, 0.2) is 0 Å². The average molecular weight is 240 g/mol. The molecule has 0 radical (unpaired) electrons. The topological polar surface area (TPSA) is 54.4 Å². The molecule has 3 nitrogen and oxygen atoms in total. The number of aliphatic hydroxyl groups is 1. The average Bonchev–Trinajstić information content (AvgIpc) is 1.60. The molecule has 0 spiro atoms. The van der Waals surface area contributed by atoms with E-state index in [2.05, 4.69) is 0 Å². The van der Waals surface area contributed by atoms with E-state index in [4.69, 9.17) is 35.7 Å². The first-order chi connectivity index (χ1) is 4.66. The van der Waals surface area contributed by atoms with E-state index in [-0.39, 0.29) is 0 Å². The van der Waals surface area contributed by atoms with Crippen LogP contribution in [0.3, 0.4) is 0 Å². The third-order valence-electron chi connectivity index (χ3n) is 0.902. The SMILES string of the molecule is CC(C)(C)C(O)(Cl)Cl.[O]=[V]=[O]. The minimum atomic E-state index is -1.81. The van der Waals surface area contributed by atoms with E-state index >= 15 is 0 Å². The Morgan fingerprint density at radius 1 is 1.18 bits per heavy atom. The fourth-order valence-electron chi connectivity index (χ4n) is 0. The van der Waals surface area contributed by atoms with Crippen molar-refractivity contribution < 1.29 is 28.6 Å². The van der Waals surface area contributed by atoms with Crippen LogP contribution in [0.2, 0.25) is 0 Å². The number of rotatable bonds is 0. The van der Waals surface area contributed by atoms with Crippen LogP contribution in [0.5, 0.6) is 0 Å². The van der Waals surface area contributed by atoms with Crippen molar-refractivity contribution >= 4 is 23.2 Å². The van der Waals surface area contributed by atoms with E-state index in [9.17, 15) is 0 Å². The number of hydrogen-bond donors (Lipinski definition) is 1. The zero-order valence-electron chi connectivity index (χ0n) is 6.47. The molecular formula is C5H10Cl2O3V. The van der Waals surface area contributed by atoms with Crippen LogP contribution >= 0.6 is 23.2 Å². The first-order valence-electron chi connectivity index (χ1n) is 2.72. The van der Waals surface area contributed by atoms with Crippen molar-refractivity contribution in [2.75, 3.05) is 0 Å². The van der Waals surface area contributed by atoms with Gasteiger partial charge in [-0.1, -0.05) is 44.0 Å². The third-order valence-corrected chi connectivity index (χ3v) is 2.04. The molecule has 0 rings (SSSR count). The van der Waals surface area contributed by atoms with Gasteiger partial charge in [0.1, 0.15) is 0 Å². The minimum absolute atomic E-state index is 0.476. The molecule has 0 amide bonds. The van der Waals surface area contributed by atoms with E-state index in [0.717, 1.165) is 0 Å². The van der Waals surface area contributed by atoms with Crippen molar-refractivity contribution in [1.29, 1.82) is 0 Å². The Morgan fingerprint density at radius 3 is 1.27 bits per heavy atom. The molecule has 0 heterocycles. The molecular weight excluding hydrogens is 230 g/mol. The van der Waals surface area contributed by atoms with Crippen LogP contribution < -0.4 is 0 Å². The fraction of sp³-hybridized carbons (Fsp3) is 1.00. The Kier molecular flexibility index (Phi) is 6.98. The van der Waals surface area contributed by atoms with Gasteiger partial charge < -0.3 is 5.11 Å². The molecule has 0 aliphatic carbocycles. The maximum absolute atomic E-state index is 8.89. The molecule has 0 bridgehead atoms. The summed E-state index contributed by atoms with van der Waals surface area (Å²) in [5, 5.41) is 8.89. The van der Waals surface area contributed by atoms with Crippen molar-refractivity contribution in [1.82, 2.24) is 0 Å². The molecule has 0 fully saturated rings. The molecule has 0 aliphatic heterocycles. The monoisotopic (exact) mass is 239 g/mol. The van der Waals surface area contributed by atoms with Gasteiger partial charge in [-0.15, -0.1) is 0 Å². The van der Waals surface area contributed by atoms with Gasteiger partial charge in [0.05, 0.1) is 0 Å². The van der Waals surface area contributed by atoms with Gasteiger partial charge >= 0.3 is 23.5 Å². The van der Waals surface area contributed by atoms with Crippen molar-refractivity contribution in [3.8, 4) is 0 Å². The van der Waals surface area contributed by atoms with Crippen molar-refractivity contribution in [3.05, 3.63) is 0 Å². The van der Waals surface area contributed by atoms with Crippen molar-refractivity contribution in [2.24, 2.45) is 5.41 Å². The Labute approximate surface area is 82.6 Å². The summed E-state index contributed by atoms with van der Waals surface area (Å²) in [4.78, 5) is 0. The van der Waals surface area contributed by atoms with Gasteiger partial charge in [0, 0.05) is 5.41 Å². The van der Waals surface area contributed by atoms with Crippen molar-refractivity contribution in [3.63, 3.8) is 0 Å². The second kappa shape index (κ2) is 5.38. The first-order valence-corrected chi connectivity index (χ1v) is 4.61. The summed E-state index contributed by atoms with van der Waals surface area (Å²) in [6, 6.07) is 0. The molecule has 0 atom stereocenters. The Morgan fingerprint density at radius 2 is 1.27 bits per heavy atom. The van der Waals surface area contributed by atoms with Crippen molar-refractivity contribution in [2.45, 2.75) is 25.3 Å². The molecule has 0 aromatic rings. The Bertz CT molecular complexity index is 129. The molecule has 6 heteroatoms. The zero-order chi connectivity index (χ0) is 9.71. The van der Waals surface area contributed by atoms with Gasteiger partial charge in [0.2, 0.25) is 4.52 Å². The number of hydrogen-bond acceptors (Lipinski definition) is 3. The standard InChI is InChI=1S/C5H10Cl2O.2O.V/c1-4(2,3)5(6,7)8;;;/h8H,1-3H3;;;. The Hall–Kier alpha value is 0.724. The van der Waals surface area contributed by atoms with Crippen LogP contribution in [0.1, 0.15) is 20.8 Å². The molecule has 0 unspecified atom stereocenters. The third kappa shape index (κ3) is 8.63. The molecule has 0 saturated heterocycles. The normalized spacial score (nSPS) is 11.1. The van der Waals surface area contributed by atoms with Crippen LogP contribution in [0.25, 0.3) is 0 Å². The Balaban J connectivity index is 0. The van der Waals surface area contributed by atoms with Crippen LogP contribution in [0, 0.1) is 5.41 Å². The van der Waals surface area contributed by atoms with Crippen LogP contribution in [0.15, 0.2) is 0 Å². The van der Waals surface area contributed by atoms with Crippen LogP contribution in [0.4, 0.5) is 0 Å². The molecule has 11 heavy (non-hydrogen) atoms. The zero-order valence-corrected chi connectivity index (χ0v) is 9.38. The van der Waals surface area contributed by atoms with Crippen LogP contribution in [-0.2, 0) is 23.5 Å². The fourth-order valence-corrected chi connectivity index (χ4v) is 0. The number of alkyl halides is 2. The second-order valence-electron chi connectivity index (χ2n) is 2.87. The summed E-state index contributed by atoms with van der Waals surface area (Å²) < 4.78 is 15.3. The van der Waals surface area contributed by atoms with E-state index in [1.165, 1.54) is 0 Å². The molecule has 0 aromatic heterocycles. The molecule has 1 N–H and O–H groups in total. The molecule has 0 aliphatic rings. The van der Waals surface area contributed by atoms with E-state index in [1.54, 1.807) is 20.8 Å². The summed E-state index contributed by atoms with van der Waals surface area (Å²) >= 11 is 8.85. The van der Waals surface area contributed by atoms with E-state index in [0.29, 0.717) is 0 Å². The summed E-state index contributed by atoms with van der Waals surface area (Å²) in [6.45, 7) is 5.27. The number of halogens is 2. The molecule has 67 valence electrons. The van der Waals surface area contributed by atoms with Gasteiger partial charge in [-0.25, -0.2) is 0 Å². The molecule has 0 saturated carbocycles. The first kappa shape index (κ1) is 14.3.